The summed E-state index contributed by atoms with van der Waals surface area (Å²) in [5.41, 5.74) is 1.11. The van der Waals surface area contributed by atoms with E-state index in [1.165, 1.54) is 0 Å². The minimum absolute atomic E-state index is 0.116. The molecule has 0 bridgehead atoms. The minimum atomic E-state index is -3.02. The van der Waals surface area contributed by atoms with E-state index in [2.05, 4.69) is 4.90 Å². The standard InChI is InChI=1S/C16H21NO5S/c1-20-8-13-4-5-23(18,19)16(13)9-17(10-16)7-12-2-3-14-15(6-12)22-11-21-14/h2-3,6,13H,4-5,7-11H2,1H3/t13-/m1/s1. The molecule has 0 unspecified atom stereocenters. The van der Waals surface area contributed by atoms with E-state index in [1.807, 2.05) is 18.2 Å². The van der Waals surface area contributed by atoms with Crippen LogP contribution in [-0.2, 0) is 21.1 Å². The molecule has 0 saturated carbocycles. The molecular formula is C16H21NO5S. The van der Waals surface area contributed by atoms with E-state index in [1.54, 1.807) is 7.11 Å². The van der Waals surface area contributed by atoms with Crippen LogP contribution in [0.2, 0.25) is 0 Å². The van der Waals surface area contributed by atoms with Gasteiger partial charge in [0.2, 0.25) is 6.79 Å². The van der Waals surface area contributed by atoms with Gasteiger partial charge in [0, 0.05) is 32.7 Å². The van der Waals surface area contributed by atoms with Crippen molar-refractivity contribution in [3.8, 4) is 11.5 Å². The van der Waals surface area contributed by atoms with Crippen molar-refractivity contribution in [3.63, 3.8) is 0 Å². The summed E-state index contributed by atoms with van der Waals surface area (Å²) in [6, 6.07) is 5.89. The fourth-order valence-corrected chi connectivity index (χ4v) is 6.48. The molecule has 0 amide bonds. The van der Waals surface area contributed by atoms with Gasteiger partial charge in [-0.05, 0) is 24.1 Å². The van der Waals surface area contributed by atoms with E-state index in [0.29, 0.717) is 31.9 Å². The van der Waals surface area contributed by atoms with E-state index in [-0.39, 0.29) is 12.7 Å². The Bertz CT molecular complexity index is 711. The first-order valence-corrected chi connectivity index (χ1v) is 9.51. The van der Waals surface area contributed by atoms with Gasteiger partial charge in [0.25, 0.3) is 0 Å². The summed E-state index contributed by atoms with van der Waals surface area (Å²) in [7, 11) is -1.38. The molecule has 4 rings (SSSR count). The van der Waals surface area contributed by atoms with E-state index in [9.17, 15) is 8.42 Å². The van der Waals surface area contributed by atoms with E-state index in [0.717, 1.165) is 23.6 Å². The van der Waals surface area contributed by atoms with Gasteiger partial charge in [-0.1, -0.05) is 6.07 Å². The molecule has 1 spiro atoms. The quantitative estimate of drug-likeness (QED) is 0.817. The lowest BCUT2D eigenvalue weighted by Crippen LogP contribution is -2.67. The van der Waals surface area contributed by atoms with Crippen LogP contribution < -0.4 is 9.47 Å². The number of nitrogens with zero attached hydrogens (tertiary/aromatic N) is 1. The lowest BCUT2D eigenvalue weighted by atomic mass is 9.83. The van der Waals surface area contributed by atoms with Gasteiger partial charge >= 0.3 is 0 Å². The van der Waals surface area contributed by atoms with Crippen LogP contribution in [-0.4, -0.2) is 57.4 Å². The molecule has 0 aromatic heterocycles. The first-order chi connectivity index (χ1) is 11.0. The van der Waals surface area contributed by atoms with Crippen LogP contribution in [0, 0.1) is 5.92 Å². The monoisotopic (exact) mass is 339 g/mol. The third kappa shape index (κ3) is 2.33. The molecule has 3 heterocycles. The Morgan fingerprint density at radius 2 is 2.09 bits per heavy atom. The average Bonchev–Trinajstić information content (AvgIpc) is 3.03. The first-order valence-electron chi connectivity index (χ1n) is 7.86. The number of rotatable bonds is 4. The van der Waals surface area contributed by atoms with Gasteiger partial charge in [0.1, 0.15) is 4.75 Å². The van der Waals surface area contributed by atoms with Crippen LogP contribution in [0.15, 0.2) is 18.2 Å². The maximum absolute atomic E-state index is 12.5. The number of sulfone groups is 1. The summed E-state index contributed by atoms with van der Waals surface area (Å²) in [6.07, 6.45) is 0.716. The topological polar surface area (TPSA) is 65.1 Å². The predicted octanol–water partition coefficient (Wildman–Crippen LogP) is 1.05. The molecule has 23 heavy (non-hydrogen) atoms. The normalized spacial score (nSPS) is 27.3. The van der Waals surface area contributed by atoms with Crippen LogP contribution in [0.4, 0.5) is 0 Å². The van der Waals surface area contributed by atoms with Crippen molar-refractivity contribution in [2.24, 2.45) is 5.92 Å². The van der Waals surface area contributed by atoms with Gasteiger partial charge in [-0.15, -0.1) is 0 Å². The van der Waals surface area contributed by atoms with Crippen molar-refractivity contribution in [1.29, 1.82) is 0 Å². The number of benzene rings is 1. The van der Waals surface area contributed by atoms with Crippen LogP contribution >= 0.6 is 0 Å². The molecular weight excluding hydrogens is 318 g/mol. The molecule has 2 saturated heterocycles. The van der Waals surface area contributed by atoms with Gasteiger partial charge in [-0.2, -0.15) is 0 Å². The maximum atomic E-state index is 12.5. The Kier molecular flexibility index (Phi) is 3.55. The molecule has 2 fully saturated rings. The fourth-order valence-electron chi connectivity index (χ4n) is 4.03. The second kappa shape index (κ2) is 5.36. The highest BCUT2D eigenvalue weighted by atomic mass is 32.2. The van der Waals surface area contributed by atoms with Gasteiger partial charge in [-0.3, -0.25) is 4.90 Å². The molecule has 1 aromatic rings. The fraction of sp³-hybridized carbons (Fsp3) is 0.625. The summed E-state index contributed by atoms with van der Waals surface area (Å²) in [5, 5.41) is 0. The molecule has 0 aliphatic carbocycles. The van der Waals surface area contributed by atoms with Crippen molar-refractivity contribution < 1.29 is 22.6 Å². The zero-order chi connectivity index (χ0) is 16.1. The summed E-state index contributed by atoms with van der Waals surface area (Å²) < 4.78 is 40.3. The van der Waals surface area contributed by atoms with Crippen molar-refractivity contribution in [2.75, 3.05) is 39.4 Å². The zero-order valence-electron chi connectivity index (χ0n) is 13.2. The second-order valence-corrected chi connectivity index (χ2v) is 9.11. The number of ether oxygens (including phenoxy) is 3. The SMILES string of the molecule is COC[C@H]1CCS(=O)(=O)C12CN(Cc1ccc3c(c1)OCO3)C2. The summed E-state index contributed by atoms with van der Waals surface area (Å²) in [6.45, 7) is 2.71. The van der Waals surface area contributed by atoms with Crippen LogP contribution in [0.3, 0.4) is 0 Å². The third-order valence-corrected chi connectivity index (χ3v) is 7.90. The van der Waals surface area contributed by atoms with Gasteiger partial charge in [-0.25, -0.2) is 8.42 Å². The molecule has 3 aliphatic heterocycles. The highest BCUT2D eigenvalue weighted by Crippen LogP contribution is 2.45. The number of likely N-dealkylation sites (tertiary alicyclic amines) is 1. The molecule has 1 atom stereocenters. The van der Waals surface area contributed by atoms with Crippen molar-refractivity contribution >= 4 is 9.84 Å². The summed E-state index contributed by atoms with van der Waals surface area (Å²) in [4.78, 5) is 2.18. The second-order valence-electron chi connectivity index (χ2n) is 6.66. The van der Waals surface area contributed by atoms with E-state index < -0.39 is 14.6 Å². The molecule has 7 heteroatoms. The maximum Gasteiger partial charge on any atom is 0.231 e. The summed E-state index contributed by atoms with van der Waals surface area (Å²) >= 11 is 0. The Morgan fingerprint density at radius 1 is 1.30 bits per heavy atom. The lowest BCUT2D eigenvalue weighted by Gasteiger charge is -2.50. The number of methoxy groups -OCH3 is 1. The van der Waals surface area contributed by atoms with E-state index >= 15 is 0 Å². The van der Waals surface area contributed by atoms with Crippen molar-refractivity contribution in [1.82, 2.24) is 4.90 Å². The van der Waals surface area contributed by atoms with Gasteiger partial charge < -0.3 is 14.2 Å². The van der Waals surface area contributed by atoms with Gasteiger partial charge in [0.05, 0.1) is 12.4 Å². The van der Waals surface area contributed by atoms with E-state index in [4.69, 9.17) is 14.2 Å². The molecule has 6 nitrogen and oxygen atoms in total. The third-order valence-electron chi connectivity index (χ3n) is 5.29. The first kappa shape index (κ1) is 15.2. The Balaban J connectivity index is 1.46. The molecule has 0 radical (unpaired) electrons. The van der Waals surface area contributed by atoms with Gasteiger partial charge in [0.15, 0.2) is 21.3 Å². The Labute approximate surface area is 136 Å². The molecule has 126 valence electrons. The van der Waals surface area contributed by atoms with Crippen LogP contribution in [0.5, 0.6) is 11.5 Å². The number of hydrogen-bond donors (Lipinski definition) is 0. The number of hydrogen-bond acceptors (Lipinski definition) is 6. The minimum Gasteiger partial charge on any atom is -0.454 e. The lowest BCUT2D eigenvalue weighted by molar-refractivity contribution is 0.0411. The van der Waals surface area contributed by atoms with Crippen LogP contribution in [0.25, 0.3) is 0 Å². The number of fused-ring (bicyclic) bond motifs is 1. The Hall–Kier alpha value is -1.31. The van der Waals surface area contributed by atoms with Crippen molar-refractivity contribution in [3.05, 3.63) is 23.8 Å². The predicted molar refractivity (Wildman–Crippen MR) is 84.3 cm³/mol. The Morgan fingerprint density at radius 3 is 2.87 bits per heavy atom. The molecule has 0 N–H and O–H groups in total. The highest BCUT2D eigenvalue weighted by Gasteiger charge is 2.61. The molecule has 3 aliphatic rings. The van der Waals surface area contributed by atoms with Crippen molar-refractivity contribution in [2.45, 2.75) is 17.7 Å². The highest BCUT2D eigenvalue weighted by molar-refractivity contribution is 7.93. The molecule has 1 aromatic carbocycles. The largest absolute Gasteiger partial charge is 0.454 e. The van der Waals surface area contributed by atoms with Crippen LogP contribution in [0.1, 0.15) is 12.0 Å². The summed E-state index contributed by atoms with van der Waals surface area (Å²) in [5.74, 6) is 1.94. The zero-order valence-corrected chi connectivity index (χ0v) is 14.0. The average molecular weight is 339 g/mol. The smallest absolute Gasteiger partial charge is 0.231 e.